The molecule has 2 rings (SSSR count). The van der Waals surface area contributed by atoms with Crippen LogP contribution in [0, 0.1) is 6.92 Å². The maximum Gasteiger partial charge on any atom is 0.0199 e. The summed E-state index contributed by atoms with van der Waals surface area (Å²) in [6.07, 6.45) is 1.06. The quantitative estimate of drug-likeness (QED) is 0.759. The zero-order valence-electron chi connectivity index (χ0n) is 11.9. The molecule has 2 aromatic carbocycles. The summed E-state index contributed by atoms with van der Waals surface area (Å²) in [4.78, 5) is 1.35. The zero-order valence-corrected chi connectivity index (χ0v) is 14.3. The number of rotatable bonds is 6. The average molecular weight is 350 g/mol. The highest BCUT2D eigenvalue weighted by Crippen LogP contribution is 2.21. The van der Waals surface area contributed by atoms with Crippen molar-refractivity contribution in [3.05, 3.63) is 64.1 Å². The van der Waals surface area contributed by atoms with E-state index in [0.29, 0.717) is 6.04 Å². The third kappa shape index (κ3) is 4.97. The van der Waals surface area contributed by atoms with Gasteiger partial charge in [-0.3, -0.25) is 0 Å². The minimum Gasteiger partial charge on any atom is -0.316 e. The van der Waals surface area contributed by atoms with Crippen molar-refractivity contribution in [2.45, 2.75) is 24.3 Å². The minimum absolute atomic E-state index is 0.488. The van der Waals surface area contributed by atoms with Crippen molar-refractivity contribution in [3.8, 4) is 0 Å². The van der Waals surface area contributed by atoms with Crippen LogP contribution in [0.3, 0.4) is 0 Å². The molecule has 0 radical (unpaired) electrons. The van der Waals surface area contributed by atoms with Gasteiger partial charge in [0.1, 0.15) is 0 Å². The number of benzene rings is 2. The Balaban J connectivity index is 1.90. The number of hydrogen-bond donors (Lipinski definition) is 1. The molecule has 0 fully saturated rings. The van der Waals surface area contributed by atoms with Crippen LogP contribution in [-0.2, 0) is 6.42 Å². The fourth-order valence-electron chi connectivity index (χ4n) is 2.05. The summed E-state index contributed by atoms with van der Waals surface area (Å²) in [6, 6.07) is 17.8. The van der Waals surface area contributed by atoms with E-state index in [1.54, 1.807) is 0 Å². The lowest BCUT2D eigenvalue weighted by Gasteiger charge is -2.16. The van der Waals surface area contributed by atoms with E-state index in [1.807, 2.05) is 18.8 Å². The fraction of sp³-hybridized carbons (Fsp3) is 0.294. The van der Waals surface area contributed by atoms with Gasteiger partial charge >= 0.3 is 0 Å². The number of likely N-dealkylation sites (N-methyl/N-ethyl adjacent to an activating group) is 1. The Labute approximate surface area is 134 Å². The van der Waals surface area contributed by atoms with Gasteiger partial charge in [0, 0.05) is 21.2 Å². The molecule has 1 N–H and O–H groups in total. The molecule has 0 aliphatic carbocycles. The number of thioether (sulfide) groups is 1. The van der Waals surface area contributed by atoms with Gasteiger partial charge < -0.3 is 5.32 Å². The van der Waals surface area contributed by atoms with E-state index >= 15 is 0 Å². The Kier molecular flexibility index (Phi) is 6.14. The predicted octanol–water partition coefficient (Wildman–Crippen LogP) is 4.68. The SMILES string of the molecule is CNC(CSc1cccc(C)c1)Cc1ccc(Br)cc1. The monoisotopic (exact) mass is 349 g/mol. The Hall–Kier alpha value is -0.770. The van der Waals surface area contributed by atoms with Crippen LogP contribution in [0.2, 0.25) is 0 Å². The van der Waals surface area contributed by atoms with E-state index in [1.165, 1.54) is 16.0 Å². The van der Waals surface area contributed by atoms with Gasteiger partial charge in [0.2, 0.25) is 0 Å². The van der Waals surface area contributed by atoms with Gasteiger partial charge in [-0.1, -0.05) is 45.8 Å². The van der Waals surface area contributed by atoms with Crippen LogP contribution in [-0.4, -0.2) is 18.8 Å². The van der Waals surface area contributed by atoms with E-state index < -0.39 is 0 Å². The van der Waals surface area contributed by atoms with Gasteiger partial charge in [-0.2, -0.15) is 0 Å². The predicted molar refractivity (Wildman–Crippen MR) is 92.6 cm³/mol. The van der Waals surface area contributed by atoms with E-state index in [2.05, 4.69) is 76.7 Å². The van der Waals surface area contributed by atoms with E-state index in [9.17, 15) is 0 Å². The van der Waals surface area contributed by atoms with Gasteiger partial charge in [-0.05, 0) is 50.2 Å². The molecule has 0 bridgehead atoms. The summed E-state index contributed by atoms with van der Waals surface area (Å²) >= 11 is 5.39. The lowest BCUT2D eigenvalue weighted by Crippen LogP contribution is -2.30. The van der Waals surface area contributed by atoms with Crippen LogP contribution in [0.5, 0.6) is 0 Å². The standard InChI is InChI=1S/C17H20BrNS/c1-13-4-3-5-17(10-13)20-12-16(19-2)11-14-6-8-15(18)9-7-14/h3-10,16,19H,11-12H2,1-2H3. The first-order chi connectivity index (χ1) is 9.67. The first-order valence-corrected chi connectivity index (χ1v) is 8.56. The molecule has 0 heterocycles. The summed E-state index contributed by atoms with van der Waals surface area (Å²) in [5.41, 5.74) is 2.70. The Morgan fingerprint density at radius 1 is 1.15 bits per heavy atom. The van der Waals surface area contributed by atoms with Crippen molar-refractivity contribution in [2.75, 3.05) is 12.8 Å². The third-order valence-corrected chi connectivity index (χ3v) is 4.93. The molecule has 0 aliphatic heterocycles. The number of nitrogens with one attached hydrogen (secondary N) is 1. The fourth-order valence-corrected chi connectivity index (χ4v) is 3.44. The number of halogens is 1. The van der Waals surface area contributed by atoms with Gasteiger partial charge in [0.15, 0.2) is 0 Å². The summed E-state index contributed by atoms with van der Waals surface area (Å²) in [5, 5.41) is 3.42. The van der Waals surface area contributed by atoms with Gasteiger partial charge in [-0.15, -0.1) is 11.8 Å². The molecule has 3 heteroatoms. The summed E-state index contributed by atoms with van der Waals surface area (Å²) < 4.78 is 1.14. The van der Waals surface area contributed by atoms with Gasteiger partial charge in [0.25, 0.3) is 0 Å². The van der Waals surface area contributed by atoms with Crippen molar-refractivity contribution in [2.24, 2.45) is 0 Å². The smallest absolute Gasteiger partial charge is 0.0199 e. The molecule has 0 aliphatic rings. The molecule has 0 amide bonds. The number of aryl methyl sites for hydroxylation is 1. The van der Waals surface area contributed by atoms with Gasteiger partial charge in [0.05, 0.1) is 0 Å². The molecule has 1 atom stereocenters. The van der Waals surface area contributed by atoms with Crippen molar-refractivity contribution in [1.82, 2.24) is 5.32 Å². The highest BCUT2D eigenvalue weighted by atomic mass is 79.9. The topological polar surface area (TPSA) is 12.0 Å². The maximum absolute atomic E-state index is 3.48. The normalized spacial score (nSPS) is 12.3. The van der Waals surface area contributed by atoms with Crippen molar-refractivity contribution in [3.63, 3.8) is 0 Å². The Morgan fingerprint density at radius 2 is 1.90 bits per heavy atom. The summed E-state index contributed by atoms with van der Waals surface area (Å²) in [7, 11) is 2.04. The Bertz CT molecular complexity index is 539. The molecule has 2 aromatic rings. The van der Waals surface area contributed by atoms with Crippen LogP contribution in [0.25, 0.3) is 0 Å². The van der Waals surface area contributed by atoms with Crippen LogP contribution < -0.4 is 5.32 Å². The molecule has 1 nitrogen and oxygen atoms in total. The summed E-state index contributed by atoms with van der Waals surface area (Å²) in [5.74, 6) is 1.08. The van der Waals surface area contributed by atoms with E-state index in [0.717, 1.165) is 16.6 Å². The number of hydrogen-bond acceptors (Lipinski definition) is 2. The molecule has 106 valence electrons. The largest absolute Gasteiger partial charge is 0.316 e. The molecular weight excluding hydrogens is 330 g/mol. The second-order valence-electron chi connectivity index (χ2n) is 4.94. The molecule has 0 spiro atoms. The minimum atomic E-state index is 0.488. The lowest BCUT2D eigenvalue weighted by atomic mass is 10.1. The van der Waals surface area contributed by atoms with Crippen LogP contribution in [0.4, 0.5) is 0 Å². The molecule has 1 unspecified atom stereocenters. The van der Waals surface area contributed by atoms with Crippen LogP contribution in [0.1, 0.15) is 11.1 Å². The lowest BCUT2D eigenvalue weighted by molar-refractivity contribution is 0.617. The van der Waals surface area contributed by atoms with Gasteiger partial charge in [-0.25, -0.2) is 0 Å². The molecule has 0 saturated carbocycles. The van der Waals surface area contributed by atoms with E-state index in [4.69, 9.17) is 0 Å². The molecule has 0 saturated heterocycles. The maximum atomic E-state index is 3.48. The highest BCUT2D eigenvalue weighted by molar-refractivity contribution is 9.10. The van der Waals surface area contributed by atoms with Crippen molar-refractivity contribution >= 4 is 27.7 Å². The second-order valence-corrected chi connectivity index (χ2v) is 6.95. The van der Waals surface area contributed by atoms with Crippen LogP contribution in [0.15, 0.2) is 57.9 Å². The summed E-state index contributed by atoms with van der Waals surface area (Å²) in [6.45, 7) is 2.14. The van der Waals surface area contributed by atoms with E-state index in [-0.39, 0.29) is 0 Å². The molecule has 20 heavy (non-hydrogen) atoms. The molecule has 0 aromatic heterocycles. The van der Waals surface area contributed by atoms with Crippen LogP contribution >= 0.6 is 27.7 Å². The average Bonchev–Trinajstić information content (AvgIpc) is 2.45. The first kappa shape index (κ1) is 15.6. The van der Waals surface area contributed by atoms with Crippen molar-refractivity contribution in [1.29, 1.82) is 0 Å². The third-order valence-electron chi connectivity index (χ3n) is 3.24. The highest BCUT2D eigenvalue weighted by Gasteiger charge is 2.08. The molecular formula is C17H20BrNS. The second kappa shape index (κ2) is 7.87. The first-order valence-electron chi connectivity index (χ1n) is 6.78. The van der Waals surface area contributed by atoms with Crippen molar-refractivity contribution < 1.29 is 0 Å². The zero-order chi connectivity index (χ0) is 14.4. The Morgan fingerprint density at radius 3 is 2.55 bits per heavy atom.